The summed E-state index contributed by atoms with van der Waals surface area (Å²) in [7, 11) is -3.52. The molecule has 29 heavy (non-hydrogen) atoms. The molecule has 1 aliphatic rings. The van der Waals surface area contributed by atoms with Crippen LogP contribution in [0.3, 0.4) is 0 Å². The number of sulfonamides is 1. The minimum absolute atomic E-state index is 0.00721. The van der Waals surface area contributed by atoms with Crippen LogP contribution in [0.4, 0.5) is 0 Å². The van der Waals surface area contributed by atoms with Crippen molar-refractivity contribution in [2.75, 3.05) is 26.2 Å². The highest BCUT2D eigenvalue weighted by atomic mass is 32.2. The van der Waals surface area contributed by atoms with Crippen LogP contribution in [0.2, 0.25) is 0 Å². The molecule has 0 spiro atoms. The molecule has 1 amide bonds. The molecule has 2 heterocycles. The molecule has 0 aliphatic carbocycles. The molecule has 1 saturated heterocycles. The fourth-order valence-corrected chi connectivity index (χ4v) is 5.70. The summed E-state index contributed by atoms with van der Waals surface area (Å²) in [6.45, 7) is 3.22. The lowest BCUT2D eigenvalue weighted by Crippen LogP contribution is -2.52. The highest BCUT2D eigenvalue weighted by Crippen LogP contribution is 2.25. The molecule has 1 aromatic heterocycles. The second kappa shape index (κ2) is 8.17. The molecule has 3 aromatic rings. The first-order valence-electron chi connectivity index (χ1n) is 9.40. The largest absolute Gasteiger partial charge is 0.339 e. The van der Waals surface area contributed by atoms with Crippen molar-refractivity contribution in [2.24, 2.45) is 0 Å². The maximum atomic E-state index is 12.8. The zero-order valence-electron chi connectivity index (χ0n) is 16.0. The van der Waals surface area contributed by atoms with Gasteiger partial charge in [0.2, 0.25) is 15.9 Å². The van der Waals surface area contributed by atoms with Gasteiger partial charge in [-0.25, -0.2) is 13.4 Å². The average molecular weight is 431 g/mol. The monoisotopic (exact) mass is 430 g/mol. The molecule has 0 bridgehead atoms. The first-order chi connectivity index (χ1) is 13.9. The summed E-state index contributed by atoms with van der Waals surface area (Å²) in [5.74, 6) is -0.00721. The standard InChI is InChI=1S/C20H22N4O3S2/c1-15(28-20-21-17-9-5-6-10-18(17)22-20)19(25)23-11-13-24(14-12-23)29(26,27)16-7-3-2-4-8-16/h2-10,15H,11-14H2,1H3,(H,21,22). The van der Waals surface area contributed by atoms with Gasteiger partial charge in [0.05, 0.1) is 21.2 Å². The Kier molecular flexibility index (Phi) is 5.62. The number of thioether (sulfide) groups is 1. The van der Waals surface area contributed by atoms with Crippen molar-refractivity contribution in [3.63, 3.8) is 0 Å². The third-order valence-corrected chi connectivity index (χ3v) is 7.82. The van der Waals surface area contributed by atoms with Crippen LogP contribution in [0.25, 0.3) is 11.0 Å². The van der Waals surface area contributed by atoms with Gasteiger partial charge >= 0.3 is 0 Å². The van der Waals surface area contributed by atoms with Crippen molar-refractivity contribution in [3.8, 4) is 0 Å². The van der Waals surface area contributed by atoms with Crippen molar-refractivity contribution in [1.29, 1.82) is 0 Å². The van der Waals surface area contributed by atoms with Crippen molar-refractivity contribution in [2.45, 2.75) is 22.2 Å². The molecule has 1 N–H and O–H groups in total. The number of para-hydroxylation sites is 2. The van der Waals surface area contributed by atoms with Crippen molar-refractivity contribution >= 4 is 38.7 Å². The van der Waals surface area contributed by atoms with Gasteiger partial charge in [0.15, 0.2) is 5.16 Å². The normalized spacial score (nSPS) is 16.8. The van der Waals surface area contributed by atoms with Gasteiger partial charge in [-0.15, -0.1) is 0 Å². The number of hydrogen-bond acceptors (Lipinski definition) is 5. The number of benzene rings is 2. The lowest BCUT2D eigenvalue weighted by atomic mass is 10.3. The predicted molar refractivity (Wildman–Crippen MR) is 113 cm³/mol. The zero-order chi connectivity index (χ0) is 20.4. The van der Waals surface area contributed by atoms with E-state index in [1.54, 1.807) is 35.2 Å². The van der Waals surface area contributed by atoms with Crippen LogP contribution in [0.1, 0.15) is 6.92 Å². The molecule has 152 valence electrons. The first kappa shape index (κ1) is 19.9. The quantitative estimate of drug-likeness (QED) is 0.629. The molecule has 0 saturated carbocycles. The Balaban J connectivity index is 1.37. The van der Waals surface area contributed by atoms with E-state index in [0.29, 0.717) is 31.3 Å². The van der Waals surface area contributed by atoms with Crippen molar-refractivity contribution in [3.05, 3.63) is 54.6 Å². The lowest BCUT2D eigenvalue weighted by molar-refractivity contribution is -0.131. The van der Waals surface area contributed by atoms with Crippen LogP contribution < -0.4 is 0 Å². The Morgan fingerprint density at radius 3 is 2.38 bits per heavy atom. The number of aromatic amines is 1. The summed E-state index contributed by atoms with van der Waals surface area (Å²) >= 11 is 1.38. The lowest BCUT2D eigenvalue weighted by Gasteiger charge is -2.35. The number of H-pyrrole nitrogens is 1. The highest BCUT2D eigenvalue weighted by Gasteiger charge is 2.31. The first-order valence-corrected chi connectivity index (χ1v) is 11.7. The molecule has 9 heteroatoms. The van der Waals surface area contributed by atoms with Gasteiger partial charge < -0.3 is 9.88 Å². The molecule has 0 radical (unpaired) electrons. The van der Waals surface area contributed by atoms with Gasteiger partial charge in [0.25, 0.3) is 0 Å². The van der Waals surface area contributed by atoms with E-state index < -0.39 is 10.0 Å². The predicted octanol–water partition coefficient (Wildman–Crippen LogP) is 2.58. The number of rotatable bonds is 5. The van der Waals surface area contributed by atoms with E-state index in [1.807, 2.05) is 31.2 Å². The molecule has 7 nitrogen and oxygen atoms in total. The maximum Gasteiger partial charge on any atom is 0.243 e. The van der Waals surface area contributed by atoms with E-state index in [1.165, 1.54) is 16.1 Å². The van der Waals surface area contributed by atoms with Crippen molar-refractivity contribution < 1.29 is 13.2 Å². The Labute approximate surface area is 174 Å². The maximum absolute atomic E-state index is 12.8. The molecular weight excluding hydrogens is 408 g/mol. The number of fused-ring (bicyclic) bond motifs is 1. The third-order valence-electron chi connectivity index (χ3n) is 4.94. The second-order valence-electron chi connectivity index (χ2n) is 6.86. The summed E-state index contributed by atoms with van der Waals surface area (Å²) in [6, 6.07) is 16.1. The minimum Gasteiger partial charge on any atom is -0.339 e. The highest BCUT2D eigenvalue weighted by molar-refractivity contribution is 8.00. The van der Waals surface area contributed by atoms with E-state index in [4.69, 9.17) is 0 Å². The van der Waals surface area contributed by atoms with Gasteiger partial charge in [-0.05, 0) is 31.2 Å². The molecule has 1 unspecified atom stereocenters. The van der Waals surface area contributed by atoms with E-state index in [2.05, 4.69) is 9.97 Å². The third kappa shape index (κ3) is 4.17. The molecule has 4 rings (SSSR count). The molecule has 2 aromatic carbocycles. The fraction of sp³-hybridized carbons (Fsp3) is 0.300. The number of hydrogen-bond donors (Lipinski definition) is 1. The fourth-order valence-electron chi connectivity index (χ4n) is 3.35. The van der Waals surface area contributed by atoms with Gasteiger partial charge in [-0.1, -0.05) is 42.1 Å². The Bertz CT molecular complexity index is 1070. The number of carbonyl (C=O) groups excluding carboxylic acids is 1. The summed E-state index contributed by atoms with van der Waals surface area (Å²) < 4.78 is 26.9. The smallest absolute Gasteiger partial charge is 0.243 e. The molecule has 1 aliphatic heterocycles. The SMILES string of the molecule is CC(Sc1nc2ccccc2[nH]1)C(=O)N1CCN(S(=O)(=O)c2ccccc2)CC1. The van der Waals surface area contributed by atoms with Gasteiger partial charge in [-0.2, -0.15) is 4.31 Å². The van der Waals surface area contributed by atoms with Crippen LogP contribution in [-0.4, -0.2) is 64.9 Å². The number of aromatic nitrogens is 2. The molecule has 1 atom stereocenters. The van der Waals surface area contributed by atoms with Gasteiger partial charge in [-0.3, -0.25) is 4.79 Å². The number of carbonyl (C=O) groups is 1. The summed E-state index contributed by atoms with van der Waals surface area (Å²) in [6.07, 6.45) is 0. The summed E-state index contributed by atoms with van der Waals surface area (Å²) in [5, 5.41) is 0.394. The number of piperazine rings is 1. The number of nitrogens with one attached hydrogen (secondary N) is 1. The topological polar surface area (TPSA) is 86.4 Å². The van der Waals surface area contributed by atoms with Gasteiger partial charge in [0, 0.05) is 26.2 Å². The molecular formula is C20H22N4O3S2. The Hall–Kier alpha value is -2.36. The van der Waals surface area contributed by atoms with E-state index in [9.17, 15) is 13.2 Å². The van der Waals surface area contributed by atoms with Crippen LogP contribution in [0.5, 0.6) is 0 Å². The van der Waals surface area contributed by atoms with Crippen LogP contribution in [0, 0.1) is 0 Å². The van der Waals surface area contributed by atoms with E-state index in [-0.39, 0.29) is 16.1 Å². The van der Waals surface area contributed by atoms with Gasteiger partial charge in [0.1, 0.15) is 0 Å². The average Bonchev–Trinajstić information content (AvgIpc) is 3.16. The molecule has 1 fully saturated rings. The Morgan fingerprint density at radius 1 is 1.03 bits per heavy atom. The van der Waals surface area contributed by atoms with E-state index >= 15 is 0 Å². The van der Waals surface area contributed by atoms with Crippen molar-refractivity contribution in [1.82, 2.24) is 19.2 Å². The minimum atomic E-state index is -3.52. The van der Waals surface area contributed by atoms with Crippen LogP contribution in [-0.2, 0) is 14.8 Å². The van der Waals surface area contributed by atoms with Crippen LogP contribution in [0.15, 0.2) is 64.6 Å². The zero-order valence-corrected chi connectivity index (χ0v) is 17.6. The summed E-state index contributed by atoms with van der Waals surface area (Å²) in [4.78, 5) is 22.6. The summed E-state index contributed by atoms with van der Waals surface area (Å²) in [5.41, 5.74) is 1.81. The van der Waals surface area contributed by atoms with E-state index in [0.717, 1.165) is 11.0 Å². The number of nitrogens with zero attached hydrogens (tertiary/aromatic N) is 3. The Morgan fingerprint density at radius 2 is 1.69 bits per heavy atom. The second-order valence-corrected chi connectivity index (χ2v) is 10.1. The van der Waals surface area contributed by atoms with Crippen LogP contribution >= 0.6 is 11.8 Å². The number of amides is 1. The number of imidazole rings is 1.